The molecule has 9 heteroatoms. The van der Waals surface area contributed by atoms with Gasteiger partial charge in [0.25, 0.3) is 0 Å². The summed E-state index contributed by atoms with van der Waals surface area (Å²) in [5, 5.41) is 9.07. The molecule has 0 saturated carbocycles. The molecule has 0 atom stereocenters. The first-order chi connectivity index (χ1) is 10.5. The van der Waals surface area contributed by atoms with E-state index in [1.165, 1.54) is 17.9 Å². The van der Waals surface area contributed by atoms with Crippen molar-refractivity contribution in [3.8, 4) is 10.8 Å². The topological polar surface area (TPSA) is 86.0 Å². The lowest BCUT2D eigenvalue weighted by Crippen LogP contribution is -2.42. The summed E-state index contributed by atoms with van der Waals surface area (Å²) in [6, 6.07) is 0. The van der Waals surface area contributed by atoms with E-state index < -0.39 is 5.60 Å². The largest absolute Gasteiger partial charge is 0.443 e. The van der Waals surface area contributed by atoms with E-state index in [2.05, 4.69) is 19.6 Å². The van der Waals surface area contributed by atoms with Crippen LogP contribution in [0.2, 0.25) is 0 Å². The first-order valence-electron chi connectivity index (χ1n) is 7.17. The Labute approximate surface area is 132 Å². The monoisotopic (exact) mass is 322 g/mol. The zero-order valence-electron chi connectivity index (χ0n) is 12.8. The molecule has 0 aromatic carbocycles. The third-order valence-corrected chi connectivity index (χ3v) is 4.44. The SMILES string of the molecule is CCC(C)(C)OC(=O)N1CCn2c(nnc2-c2ncns2)C1. The molecule has 2 aromatic rings. The van der Waals surface area contributed by atoms with E-state index >= 15 is 0 Å². The predicted molar refractivity (Wildman–Crippen MR) is 80.2 cm³/mol. The molecule has 1 aliphatic heterocycles. The lowest BCUT2D eigenvalue weighted by molar-refractivity contribution is 0.00664. The van der Waals surface area contributed by atoms with E-state index in [0.717, 1.165) is 17.3 Å². The number of ether oxygens (including phenoxy) is 1. The Bertz CT molecular complexity index is 666. The predicted octanol–water partition coefficient (Wildman–Crippen LogP) is 1.94. The van der Waals surface area contributed by atoms with Gasteiger partial charge in [0, 0.05) is 13.1 Å². The van der Waals surface area contributed by atoms with Crippen molar-refractivity contribution in [1.82, 2.24) is 29.0 Å². The summed E-state index contributed by atoms with van der Waals surface area (Å²) in [6.07, 6.45) is 1.96. The number of aromatic nitrogens is 5. The molecule has 118 valence electrons. The molecule has 22 heavy (non-hydrogen) atoms. The van der Waals surface area contributed by atoms with Crippen LogP contribution in [0.5, 0.6) is 0 Å². The molecule has 0 fully saturated rings. The summed E-state index contributed by atoms with van der Waals surface area (Å²) < 4.78 is 11.5. The van der Waals surface area contributed by atoms with Crippen LogP contribution < -0.4 is 0 Å². The molecule has 0 unspecified atom stereocenters. The average molecular weight is 322 g/mol. The van der Waals surface area contributed by atoms with E-state index in [0.29, 0.717) is 25.5 Å². The van der Waals surface area contributed by atoms with Crippen molar-refractivity contribution < 1.29 is 9.53 Å². The van der Waals surface area contributed by atoms with Crippen LogP contribution in [0.3, 0.4) is 0 Å². The number of hydrogen-bond acceptors (Lipinski definition) is 7. The minimum absolute atomic E-state index is 0.307. The first kappa shape index (κ1) is 14.9. The van der Waals surface area contributed by atoms with Crippen LogP contribution >= 0.6 is 11.5 Å². The highest BCUT2D eigenvalue weighted by molar-refractivity contribution is 7.08. The highest BCUT2D eigenvalue weighted by Gasteiger charge is 2.29. The van der Waals surface area contributed by atoms with Crippen LogP contribution in [0.4, 0.5) is 4.79 Å². The van der Waals surface area contributed by atoms with Crippen LogP contribution in [-0.4, -0.2) is 47.3 Å². The molecule has 0 aliphatic carbocycles. The second-order valence-electron chi connectivity index (χ2n) is 5.74. The van der Waals surface area contributed by atoms with Gasteiger partial charge in [-0.05, 0) is 31.8 Å². The van der Waals surface area contributed by atoms with E-state index in [1.54, 1.807) is 4.90 Å². The third-order valence-electron chi connectivity index (χ3n) is 3.78. The van der Waals surface area contributed by atoms with Crippen molar-refractivity contribution >= 4 is 17.6 Å². The molecule has 0 radical (unpaired) electrons. The Balaban J connectivity index is 1.74. The number of hydrogen-bond donors (Lipinski definition) is 0. The van der Waals surface area contributed by atoms with Crippen molar-refractivity contribution in [3.63, 3.8) is 0 Å². The molecule has 0 spiro atoms. The van der Waals surface area contributed by atoms with Crippen molar-refractivity contribution in [2.24, 2.45) is 0 Å². The van der Waals surface area contributed by atoms with Crippen LogP contribution in [0.15, 0.2) is 6.33 Å². The van der Waals surface area contributed by atoms with Gasteiger partial charge in [-0.15, -0.1) is 10.2 Å². The van der Waals surface area contributed by atoms with Gasteiger partial charge in [-0.1, -0.05) is 6.92 Å². The van der Waals surface area contributed by atoms with E-state index in [9.17, 15) is 4.79 Å². The maximum atomic E-state index is 12.2. The Morgan fingerprint density at radius 1 is 1.41 bits per heavy atom. The summed E-state index contributed by atoms with van der Waals surface area (Å²) in [5.74, 6) is 1.45. The Morgan fingerprint density at radius 2 is 2.23 bits per heavy atom. The fourth-order valence-electron chi connectivity index (χ4n) is 2.12. The molecule has 3 heterocycles. The van der Waals surface area contributed by atoms with Crippen molar-refractivity contribution in [2.75, 3.05) is 6.54 Å². The molecular formula is C13H18N6O2S. The Hall–Kier alpha value is -2.03. The number of rotatable bonds is 3. The summed E-state index contributed by atoms with van der Waals surface area (Å²) in [4.78, 5) is 18.1. The molecule has 0 saturated heterocycles. The van der Waals surface area contributed by atoms with Crippen LogP contribution in [0.1, 0.15) is 33.0 Å². The van der Waals surface area contributed by atoms with Gasteiger partial charge in [0.15, 0.2) is 16.7 Å². The highest BCUT2D eigenvalue weighted by atomic mass is 32.1. The maximum absolute atomic E-state index is 12.2. The van der Waals surface area contributed by atoms with Gasteiger partial charge in [0.1, 0.15) is 11.9 Å². The van der Waals surface area contributed by atoms with Crippen molar-refractivity contribution in [3.05, 3.63) is 12.2 Å². The molecule has 2 aromatic heterocycles. The number of nitrogens with zero attached hydrogens (tertiary/aromatic N) is 6. The van der Waals surface area contributed by atoms with Crippen LogP contribution in [-0.2, 0) is 17.8 Å². The molecule has 3 rings (SSSR count). The fourth-order valence-corrected chi connectivity index (χ4v) is 2.64. The van der Waals surface area contributed by atoms with Gasteiger partial charge in [-0.25, -0.2) is 9.78 Å². The van der Waals surface area contributed by atoms with Gasteiger partial charge in [-0.3, -0.25) is 4.90 Å². The number of carbonyl (C=O) groups excluding carboxylic acids is 1. The zero-order valence-corrected chi connectivity index (χ0v) is 13.6. The first-order valence-corrected chi connectivity index (χ1v) is 7.94. The molecular weight excluding hydrogens is 304 g/mol. The molecule has 1 aliphatic rings. The Morgan fingerprint density at radius 3 is 2.91 bits per heavy atom. The second kappa shape index (κ2) is 5.64. The minimum Gasteiger partial charge on any atom is -0.443 e. The summed E-state index contributed by atoms with van der Waals surface area (Å²) in [6.45, 7) is 7.39. The third kappa shape index (κ3) is 2.80. The van der Waals surface area contributed by atoms with Crippen molar-refractivity contribution in [1.29, 1.82) is 0 Å². The van der Waals surface area contributed by atoms with Gasteiger partial charge in [-0.2, -0.15) is 4.37 Å². The summed E-state index contributed by atoms with van der Waals surface area (Å²) >= 11 is 1.28. The van der Waals surface area contributed by atoms with Crippen LogP contribution in [0.25, 0.3) is 10.8 Å². The van der Waals surface area contributed by atoms with Crippen LogP contribution in [0, 0.1) is 0 Å². The zero-order chi connectivity index (χ0) is 15.7. The number of amides is 1. The fraction of sp³-hybridized carbons (Fsp3) is 0.615. The van der Waals surface area contributed by atoms with Gasteiger partial charge < -0.3 is 9.30 Å². The standard InChI is InChI=1S/C13H18N6O2S/c1-4-13(2,3)21-12(20)18-5-6-19-9(7-18)16-17-10(19)11-14-8-15-22-11/h8H,4-7H2,1-3H3. The molecule has 1 amide bonds. The maximum Gasteiger partial charge on any atom is 0.410 e. The van der Waals surface area contributed by atoms with E-state index in [4.69, 9.17) is 4.74 Å². The van der Waals surface area contributed by atoms with Crippen molar-refractivity contribution in [2.45, 2.75) is 45.9 Å². The van der Waals surface area contributed by atoms with E-state index in [1.807, 2.05) is 25.3 Å². The quantitative estimate of drug-likeness (QED) is 0.858. The van der Waals surface area contributed by atoms with Gasteiger partial charge in [0.2, 0.25) is 0 Å². The average Bonchev–Trinajstić information content (AvgIpc) is 3.14. The van der Waals surface area contributed by atoms with Gasteiger partial charge in [0.05, 0.1) is 6.54 Å². The summed E-state index contributed by atoms with van der Waals surface area (Å²) in [7, 11) is 0. The van der Waals surface area contributed by atoms with E-state index in [-0.39, 0.29) is 6.09 Å². The second-order valence-corrected chi connectivity index (χ2v) is 6.52. The normalized spacial score (nSPS) is 14.8. The number of fused-ring (bicyclic) bond motifs is 1. The summed E-state index contributed by atoms with van der Waals surface area (Å²) in [5.41, 5.74) is -0.458. The highest BCUT2D eigenvalue weighted by Crippen LogP contribution is 2.23. The Kier molecular flexibility index (Phi) is 3.81. The minimum atomic E-state index is -0.458. The molecule has 0 N–H and O–H groups in total. The lowest BCUT2D eigenvalue weighted by Gasteiger charge is -2.31. The molecule has 8 nitrogen and oxygen atoms in total. The number of carbonyl (C=O) groups is 1. The smallest absolute Gasteiger partial charge is 0.410 e. The van der Waals surface area contributed by atoms with Gasteiger partial charge >= 0.3 is 6.09 Å². The molecule has 0 bridgehead atoms. The lowest BCUT2D eigenvalue weighted by atomic mass is 10.1.